The monoisotopic (exact) mass is 240 g/mol. The minimum atomic E-state index is -3.35. The fourth-order valence-electron chi connectivity index (χ4n) is 2.09. The van der Waals surface area contributed by atoms with E-state index in [0.717, 1.165) is 12.8 Å². The Hall–Kier alpha value is -0.910. The van der Waals surface area contributed by atoms with Crippen molar-refractivity contribution in [1.82, 2.24) is 4.31 Å². The summed E-state index contributed by atoms with van der Waals surface area (Å²) in [5.74, 6) is 0. The van der Waals surface area contributed by atoms with Gasteiger partial charge in [-0.05, 0) is 25.0 Å². The maximum atomic E-state index is 12.3. The smallest absolute Gasteiger partial charge is 0.243 e. The quantitative estimate of drug-likeness (QED) is 0.850. The van der Waals surface area contributed by atoms with Crippen molar-refractivity contribution >= 4 is 10.0 Å². The molecule has 0 aliphatic carbocycles. The molecule has 1 unspecified atom stereocenters. The molecule has 0 radical (unpaired) electrons. The molecule has 1 heterocycles. The largest absolute Gasteiger partial charge is 0.329 e. The summed E-state index contributed by atoms with van der Waals surface area (Å²) in [7, 11) is -3.35. The highest BCUT2D eigenvalue weighted by Crippen LogP contribution is 2.25. The number of hydrogen-bond acceptors (Lipinski definition) is 3. The van der Waals surface area contributed by atoms with Crippen LogP contribution in [0.2, 0.25) is 0 Å². The predicted molar refractivity (Wildman–Crippen MR) is 62.4 cm³/mol. The van der Waals surface area contributed by atoms with Crippen LogP contribution in [-0.4, -0.2) is 31.9 Å². The van der Waals surface area contributed by atoms with Gasteiger partial charge in [0.25, 0.3) is 0 Å². The molecular formula is C11H16N2O2S. The minimum absolute atomic E-state index is 0.0368. The molecule has 5 heteroatoms. The van der Waals surface area contributed by atoms with E-state index in [-0.39, 0.29) is 6.04 Å². The SMILES string of the molecule is NCC1CCCN1S(=O)(=O)c1ccccc1. The molecule has 4 nitrogen and oxygen atoms in total. The second kappa shape index (κ2) is 4.53. The number of rotatable bonds is 3. The Morgan fingerprint density at radius 1 is 1.31 bits per heavy atom. The first kappa shape index (κ1) is 11.6. The Balaban J connectivity index is 2.33. The molecule has 1 aromatic rings. The highest BCUT2D eigenvalue weighted by Gasteiger charge is 2.34. The van der Waals surface area contributed by atoms with Crippen molar-refractivity contribution in [2.75, 3.05) is 13.1 Å². The summed E-state index contributed by atoms with van der Waals surface area (Å²) in [6, 6.07) is 8.50. The van der Waals surface area contributed by atoms with Gasteiger partial charge in [-0.25, -0.2) is 8.42 Å². The molecule has 0 spiro atoms. The molecule has 1 aromatic carbocycles. The Kier molecular flexibility index (Phi) is 3.28. The third-order valence-corrected chi connectivity index (χ3v) is 4.91. The molecule has 1 saturated heterocycles. The van der Waals surface area contributed by atoms with Crippen LogP contribution in [0.4, 0.5) is 0 Å². The van der Waals surface area contributed by atoms with Crippen molar-refractivity contribution in [3.05, 3.63) is 30.3 Å². The van der Waals surface area contributed by atoms with E-state index < -0.39 is 10.0 Å². The number of nitrogens with zero attached hydrogens (tertiary/aromatic N) is 1. The summed E-state index contributed by atoms with van der Waals surface area (Å²) in [5, 5.41) is 0. The molecular weight excluding hydrogens is 224 g/mol. The molecule has 2 N–H and O–H groups in total. The van der Waals surface area contributed by atoms with Crippen molar-refractivity contribution in [3.8, 4) is 0 Å². The number of sulfonamides is 1. The van der Waals surface area contributed by atoms with Crippen molar-refractivity contribution < 1.29 is 8.42 Å². The van der Waals surface area contributed by atoms with E-state index in [9.17, 15) is 8.42 Å². The first-order chi connectivity index (χ1) is 7.66. The van der Waals surface area contributed by atoms with Crippen molar-refractivity contribution in [2.45, 2.75) is 23.8 Å². The van der Waals surface area contributed by atoms with Gasteiger partial charge in [-0.3, -0.25) is 0 Å². The maximum Gasteiger partial charge on any atom is 0.243 e. The van der Waals surface area contributed by atoms with Gasteiger partial charge in [-0.15, -0.1) is 0 Å². The normalized spacial score (nSPS) is 22.4. The van der Waals surface area contributed by atoms with Crippen LogP contribution < -0.4 is 5.73 Å². The summed E-state index contributed by atoms with van der Waals surface area (Å²) in [6.45, 7) is 0.977. The van der Waals surface area contributed by atoms with Gasteiger partial charge in [0.1, 0.15) is 0 Å². The molecule has 0 amide bonds. The summed E-state index contributed by atoms with van der Waals surface area (Å²) < 4.78 is 26.1. The average Bonchev–Trinajstić information content (AvgIpc) is 2.79. The van der Waals surface area contributed by atoms with Gasteiger partial charge in [0, 0.05) is 19.1 Å². The standard InChI is InChI=1S/C11H16N2O2S/c12-9-10-5-4-8-13(10)16(14,15)11-6-2-1-3-7-11/h1-3,6-7,10H,4-5,8-9,12H2. The Labute approximate surface area is 96.1 Å². The van der Waals surface area contributed by atoms with E-state index in [1.165, 1.54) is 4.31 Å². The molecule has 0 aromatic heterocycles. The first-order valence-electron chi connectivity index (χ1n) is 5.43. The second-order valence-corrected chi connectivity index (χ2v) is 5.85. The fourth-order valence-corrected chi connectivity index (χ4v) is 3.81. The van der Waals surface area contributed by atoms with Gasteiger partial charge in [0.05, 0.1) is 4.90 Å². The highest BCUT2D eigenvalue weighted by molar-refractivity contribution is 7.89. The van der Waals surface area contributed by atoms with Gasteiger partial charge < -0.3 is 5.73 Å². The van der Waals surface area contributed by atoms with Crippen LogP contribution in [0.1, 0.15) is 12.8 Å². The highest BCUT2D eigenvalue weighted by atomic mass is 32.2. The van der Waals surface area contributed by atoms with Crippen LogP contribution >= 0.6 is 0 Å². The summed E-state index contributed by atoms with van der Waals surface area (Å²) in [4.78, 5) is 0.357. The third kappa shape index (κ3) is 1.98. The second-order valence-electron chi connectivity index (χ2n) is 3.96. The lowest BCUT2D eigenvalue weighted by Gasteiger charge is -2.22. The van der Waals surface area contributed by atoms with Gasteiger partial charge in [0.2, 0.25) is 10.0 Å². The molecule has 1 atom stereocenters. The summed E-state index contributed by atoms with van der Waals surface area (Å²) >= 11 is 0. The fraction of sp³-hybridized carbons (Fsp3) is 0.455. The molecule has 1 fully saturated rings. The Morgan fingerprint density at radius 2 is 2.00 bits per heavy atom. The number of benzene rings is 1. The zero-order valence-electron chi connectivity index (χ0n) is 9.04. The molecule has 16 heavy (non-hydrogen) atoms. The van der Waals surface area contributed by atoms with E-state index in [1.54, 1.807) is 24.3 Å². The van der Waals surface area contributed by atoms with Gasteiger partial charge in [-0.2, -0.15) is 4.31 Å². The topological polar surface area (TPSA) is 63.4 Å². The first-order valence-corrected chi connectivity index (χ1v) is 6.87. The minimum Gasteiger partial charge on any atom is -0.329 e. The number of hydrogen-bond donors (Lipinski definition) is 1. The van der Waals surface area contributed by atoms with Crippen LogP contribution in [0.25, 0.3) is 0 Å². The van der Waals surface area contributed by atoms with E-state index in [4.69, 9.17) is 5.73 Å². The Morgan fingerprint density at radius 3 is 2.62 bits per heavy atom. The summed E-state index contributed by atoms with van der Waals surface area (Å²) in [5.41, 5.74) is 5.59. The number of nitrogens with two attached hydrogens (primary N) is 1. The molecule has 2 rings (SSSR count). The lowest BCUT2D eigenvalue weighted by molar-refractivity contribution is 0.393. The molecule has 1 aliphatic rings. The van der Waals surface area contributed by atoms with Crippen LogP contribution in [0.15, 0.2) is 35.2 Å². The van der Waals surface area contributed by atoms with Crippen molar-refractivity contribution in [2.24, 2.45) is 5.73 Å². The van der Waals surface area contributed by atoms with E-state index in [2.05, 4.69) is 0 Å². The van der Waals surface area contributed by atoms with E-state index >= 15 is 0 Å². The summed E-state index contributed by atoms with van der Waals surface area (Å²) in [6.07, 6.45) is 1.76. The predicted octanol–water partition coefficient (Wildman–Crippen LogP) is 0.798. The lowest BCUT2D eigenvalue weighted by Crippen LogP contribution is -2.39. The average molecular weight is 240 g/mol. The zero-order valence-corrected chi connectivity index (χ0v) is 9.86. The third-order valence-electron chi connectivity index (χ3n) is 2.94. The molecule has 1 aliphatic heterocycles. The van der Waals surface area contributed by atoms with E-state index in [0.29, 0.717) is 18.0 Å². The van der Waals surface area contributed by atoms with Crippen LogP contribution in [0.5, 0.6) is 0 Å². The van der Waals surface area contributed by atoms with Crippen molar-refractivity contribution in [3.63, 3.8) is 0 Å². The van der Waals surface area contributed by atoms with E-state index in [1.807, 2.05) is 6.07 Å². The zero-order chi connectivity index (χ0) is 11.6. The van der Waals surface area contributed by atoms with Crippen LogP contribution in [-0.2, 0) is 10.0 Å². The maximum absolute atomic E-state index is 12.3. The molecule has 88 valence electrons. The van der Waals surface area contributed by atoms with Crippen LogP contribution in [0.3, 0.4) is 0 Å². The van der Waals surface area contributed by atoms with Gasteiger partial charge >= 0.3 is 0 Å². The van der Waals surface area contributed by atoms with Gasteiger partial charge in [0.15, 0.2) is 0 Å². The molecule has 0 saturated carbocycles. The van der Waals surface area contributed by atoms with Crippen molar-refractivity contribution in [1.29, 1.82) is 0 Å². The van der Waals surface area contributed by atoms with Crippen LogP contribution in [0, 0.1) is 0 Å². The Bertz CT molecular complexity index is 444. The van der Waals surface area contributed by atoms with Gasteiger partial charge in [-0.1, -0.05) is 18.2 Å². The molecule has 0 bridgehead atoms. The lowest BCUT2D eigenvalue weighted by atomic mass is 10.2.